The van der Waals surface area contributed by atoms with E-state index in [1.54, 1.807) is 0 Å². The number of ether oxygens (including phenoxy) is 1. The number of benzene rings is 1. The monoisotopic (exact) mass is 331 g/mol. The lowest BCUT2D eigenvalue weighted by atomic mass is 9.83. The second kappa shape index (κ2) is 9.14. The van der Waals surface area contributed by atoms with E-state index < -0.39 is 5.41 Å². The smallest absolute Gasteiger partial charge is 0.0769 e. The molecule has 1 saturated heterocycles. The van der Waals surface area contributed by atoms with E-state index in [4.69, 9.17) is 4.74 Å². The van der Waals surface area contributed by atoms with Crippen LogP contribution in [0.4, 0.5) is 0 Å². The molecule has 1 aromatic carbocycles. The number of hydrogen-bond donors (Lipinski definition) is 1. The second-order valence-corrected chi connectivity index (χ2v) is 6.85. The lowest BCUT2D eigenvalue weighted by molar-refractivity contribution is 0.0320. The number of nitrogens with zero attached hydrogens (tertiary/aromatic N) is 3. The highest BCUT2D eigenvalue weighted by atomic mass is 16.5. The molecule has 0 atom stereocenters. The highest BCUT2D eigenvalue weighted by Crippen LogP contribution is 2.26. The lowest BCUT2D eigenvalue weighted by Gasteiger charge is -2.30. The Morgan fingerprint density at radius 1 is 1.25 bits per heavy atom. The fourth-order valence-corrected chi connectivity index (χ4v) is 3.09. The second-order valence-electron chi connectivity index (χ2n) is 6.85. The summed E-state index contributed by atoms with van der Waals surface area (Å²) in [7, 11) is 0. The summed E-state index contributed by atoms with van der Waals surface area (Å²) < 4.78 is 5.39. The summed E-state index contributed by atoms with van der Waals surface area (Å²) in [5, 5.41) is 18.9. The van der Waals surface area contributed by atoms with Gasteiger partial charge in [0.2, 0.25) is 0 Å². The Morgan fingerprint density at radius 2 is 1.96 bits per heavy atom. The van der Waals surface area contributed by atoms with Gasteiger partial charge >= 0.3 is 0 Å². The highest BCUT2D eigenvalue weighted by molar-refractivity contribution is 5.37. The maximum Gasteiger partial charge on any atom is 0.0769 e. The molecule has 1 fully saturated rings. The maximum atomic E-state index is 9.46. The topological polar surface area (TPSA) is 59.7 Å². The van der Waals surface area contributed by atoms with Gasteiger partial charge in [-0.1, -0.05) is 24.3 Å². The van der Waals surface area contributed by atoms with Crippen molar-refractivity contribution in [1.29, 1.82) is 5.26 Å². The third-order valence-electron chi connectivity index (χ3n) is 4.62. The summed E-state index contributed by atoms with van der Waals surface area (Å²) in [6.07, 6.45) is 0. The zero-order valence-electron chi connectivity index (χ0n) is 14.9. The summed E-state index contributed by atoms with van der Waals surface area (Å²) in [4.78, 5) is 4.67. The molecule has 0 amide bonds. The summed E-state index contributed by atoms with van der Waals surface area (Å²) in [5.41, 5.74) is 1.73. The van der Waals surface area contributed by atoms with Crippen molar-refractivity contribution in [1.82, 2.24) is 9.80 Å². The van der Waals surface area contributed by atoms with E-state index in [-0.39, 0.29) is 6.61 Å². The standard InChI is InChI=1S/C19H29N3O2/c1-19(2,16-20)18-6-4-3-5-17(18)15-22(9-12-23)8-7-21-10-13-24-14-11-21/h3-6,23H,7-15H2,1-2H3. The molecule has 5 heteroatoms. The fourth-order valence-electron chi connectivity index (χ4n) is 3.09. The number of hydrogen-bond acceptors (Lipinski definition) is 5. The molecule has 1 aliphatic rings. The predicted molar refractivity (Wildman–Crippen MR) is 94.7 cm³/mol. The number of rotatable bonds is 8. The van der Waals surface area contributed by atoms with Crippen molar-refractivity contribution in [3.63, 3.8) is 0 Å². The molecule has 0 radical (unpaired) electrons. The van der Waals surface area contributed by atoms with Crippen LogP contribution in [-0.4, -0.2) is 67.5 Å². The summed E-state index contributed by atoms with van der Waals surface area (Å²) in [6.45, 7) is 10.9. The van der Waals surface area contributed by atoms with Crippen molar-refractivity contribution >= 4 is 0 Å². The first-order valence-electron chi connectivity index (χ1n) is 8.70. The van der Waals surface area contributed by atoms with E-state index in [1.807, 2.05) is 32.0 Å². The van der Waals surface area contributed by atoms with Crippen molar-refractivity contribution in [2.75, 3.05) is 52.5 Å². The van der Waals surface area contributed by atoms with Crippen LogP contribution in [0.15, 0.2) is 24.3 Å². The normalized spacial score (nSPS) is 16.3. The van der Waals surface area contributed by atoms with Crippen LogP contribution in [0.25, 0.3) is 0 Å². The van der Waals surface area contributed by atoms with Crippen LogP contribution in [0.3, 0.4) is 0 Å². The first-order chi connectivity index (χ1) is 11.6. The Kier molecular flexibility index (Phi) is 7.19. The number of morpholine rings is 1. The van der Waals surface area contributed by atoms with Gasteiger partial charge in [-0.3, -0.25) is 9.80 Å². The molecular weight excluding hydrogens is 302 g/mol. The zero-order valence-corrected chi connectivity index (χ0v) is 14.9. The number of aliphatic hydroxyl groups is 1. The summed E-state index contributed by atoms with van der Waals surface area (Å²) in [6, 6.07) is 10.5. The molecule has 0 bridgehead atoms. The average molecular weight is 331 g/mol. The third-order valence-corrected chi connectivity index (χ3v) is 4.62. The molecule has 2 rings (SSSR count). The van der Waals surface area contributed by atoms with E-state index in [9.17, 15) is 10.4 Å². The Balaban J connectivity index is 2.03. The molecular formula is C19H29N3O2. The average Bonchev–Trinajstić information content (AvgIpc) is 2.61. The van der Waals surface area contributed by atoms with Gasteiger partial charge in [-0.15, -0.1) is 0 Å². The highest BCUT2D eigenvalue weighted by Gasteiger charge is 2.23. The molecule has 1 heterocycles. The Bertz CT molecular complexity index is 548. The number of aliphatic hydroxyl groups excluding tert-OH is 1. The van der Waals surface area contributed by atoms with Gasteiger partial charge in [0.15, 0.2) is 0 Å². The largest absolute Gasteiger partial charge is 0.395 e. The molecule has 0 aliphatic carbocycles. The first kappa shape index (κ1) is 18.9. The van der Waals surface area contributed by atoms with Crippen LogP contribution < -0.4 is 0 Å². The van der Waals surface area contributed by atoms with E-state index in [0.717, 1.165) is 51.5 Å². The summed E-state index contributed by atoms with van der Waals surface area (Å²) >= 11 is 0. The van der Waals surface area contributed by atoms with Crippen LogP contribution in [0.5, 0.6) is 0 Å². The molecule has 0 spiro atoms. The van der Waals surface area contributed by atoms with Gasteiger partial charge in [-0.05, 0) is 25.0 Å². The first-order valence-corrected chi connectivity index (χ1v) is 8.70. The van der Waals surface area contributed by atoms with Crippen molar-refractivity contribution < 1.29 is 9.84 Å². The van der Waals surface area contributed by atoms with Crippen LogP contribution in [0, 0.1) is 11.3 Å². The Hall–Kier alpha value is -1.45. The SMILES string of the molecule is CC(C)(C#N)c1ccccc1CN(CCO)CCN1CCOCC1. The number of nitriles is 1. The van der Waals surface area contributed by atoms with Crippen LogP contribution in [0.1, 0.15) is 25.0 Å². The van der Waals surface area contributed by atoms with Crippen LogP contribution in [-0.2, 0) is 16.7 Å². The van der Waals surface area contributed by atoms with E-state index in [0.29, 0.717) is 6.54 Å². The quantitative estimate of drug-likeness (QED) is 0.784. The molecule has 0 saturated carbocycles. The molecule has 0 aromatic heterocycles. The maximum absolute atomic E-state index is 9.46. The molecule has 5 nitrogen and oxygen atoms in total. The minimum atomic E-state index is -0.508. The molecule has 1 N–H and O–H groups in total. The van der Waals surface area contributed by atoms with Crippen molar-refractivity contribution in [2.24, 2.45) is 0 Å². The van der Waals surface area contributed by atoms with Crippen molar-refractivity contribution in [3.05, 3.63) is 35.4 Å². The zero-order chi connectivity index (χ0) is 17.4. The summed E-state index contributed by atoms with van der Waals surface area (Å²) in [5.74, 6) is 0. The third kappa shape index (κ3) is 5.29. The molecule has 1 aliphatic heterocycles. The molecule has 24 heavy (non-hydrogen) atoms. The fraction of sp³-hybridized carbons (Fsp3) is 0.632. The Morgan fingerprint density at radius 3 is 2.62 bits per heavy atom. The van der Waals surface area contributed by atoms with Crippen molar-refractivity contribution in [2.45, 2.75) is 25.8 Å². The molecule has 1 aromatic rings. The van der Waals surface area contributed by atoms with Gasteiger partial charge < -0.3 is 9.84 Å². The minimum Gasteiger partial charge on any atom is -0.395 e. The van der Waals surface area contributed by atoms with Crippen molar-refractivity contribution in [3.8, 4) is 6.07 Å². The van der Waals surface area contributed by atoms with Gasteiger partial charge in [0, 0.05) is 39.3 Å². The molecule has 132 valence electrons. The molecule has 0 unspecified atom stereocenters. The lowest BCUT2D eigenvalue weighted by Crippen LogP contribution is -2.42. The van der Waals surface area contributed by atoms with Gasteiger partial charge in [0.25, 0.3) is 0 Å². The Labute approximate surface area is 145 Å². The van der Waals surface area contributed by atoms with Crippen LogP contribution >= 0.6 is 0 Å². The van der Waals surface area contributed by atoms with Gasteiger partial charge in [-0.25, -0.2) is 0 Å². The van der Waals surface area contributed by atoms with E-state index in [2.05, 4.69) is 21.9 Å². The van der Waals surface area contributed by atoms with Crippen LogP contribution in [0.2, 0.25) is 0 Å². The minimum absolute atomic E-state index is 0.146. The predicted octanol–water partition coefficient (Wildman–Crippen LogP) is 1.61. The van der Waals surface area contributed by atoms with E-state index in [1.165, 1.54) is 5.56 Å². The van der Waals surface area contributed by atoms with Gasteiger partial charge in [0.1, 0.15) is 0 Å². The van der Waals surface area contributed by atoms with Gasteiger partial charge in [0.05, 0.1) is 31.3 Å². The van der Waals surface area contributed by atoms with Gasteiger partial charge in [-0.2, -0.15) is 5.26 Å². The van der Waals surface area contributed by atoms with E-state index >= 15 is 0 Å².